The number of pyridine rings is 3. The van der Waals surface area contributed by atoms with E-state index in [1.165, 1.54) is 12.3 Å². The molecule has 1 aliphatic rings. The van der Waals surface area contributed by atoms with Crippen LogP contribution in [0.15, 0.2) is 42.7 Å². The Balaban J connectivity index is 1.58. The second kappa shape index (κ2) is 8.96. The molecule has 0 aromatic carbocycles. The molecule has 1 aliphatic heterocycles. The lowest BCUT2D eigenvalue weighted by atomic mass is 9.88. The van der Waals surface area contributed by atoms with E-state index >= 15 is 0 Å². The fraction of sp³-hybridized carbons (Fsp3) is 0.346. The minimum atomic E-state index is -4.51. The van der Waals surface area contributed by atoms with Crippen molar-refractivity contribution in [3.05, 3.63) is 76.8 Å². The quantitative estimate of drug-likeness (QED) is 0.356. The number of ether oxygens (including phenoxy) is 1. The smallest absolute Gasteiger partial charge is 0.373 e. The maximum absolute atomic E-state index is 13.1. The highest BCUT2D eigenvalue weighted by molar-refractivity contribution is 5.89. The number of nitrogens with zero attached hydrogens (tertiary/aromatic N) is 5. The first-order valence-corrected chi connectivity index (χ1v) is 11.4. The van der Waals surface area contributed by atoms with Crippen LogP contribution in [0, 0.1) is 20.8 Å². The average molecular weight is 480 g/mol. The van der Waals surface area contributed by atoms with E-state index in [1.54, 1.807) is 6.20 Å². The Morgan fingerprint density at radius 1 is 0.943 bits per heavy atom. The van der Waals surface area contributed by atoms with Crippen molar-refractivity contribution in [3.8, 4) is 11.3 Å². The first-order valence-electron chi connectivity index (χ1n) is 11.4. The van der Waals surface area contributed by atoms with Gasteiger partial charge < -0.3 is 4.74 Å². The topological polar surface area (TPSA) is 73.7 Å². The van der Waals surface area contributed by atoms with Crippen molar-refractivity contribution in [2.24, 2.45) is 0 Å². The molecule has 5 heterocycles. The van der Waals surface area contributed by atoms with Gasteiger partial charge in [0.05, 0.1) is 28.7 Å². The molecule has 5 rings (SSSR count). The summed E-state index contributed by atoms with van der Waals surface area (Å²) in [6, 6.07) is 8.30. The van der Waals surface area contributed by atoms with Crippen molar-refractivity contribution < 1.29 is 17.9 Å². The van der Waals surface area contributed by atoms with Crippen LogP contribution in [-0.4, -0.2) is 31.5 Å². The number of hydrogen-bond acceptors (Lipinski definition) is 6. The van der Waals surface area contributed by atoms with Crippen LogP contribution in [0.4, 0.5) is 13.2 Å². The number of alkyl halides is 3. The molecular formula is C26H24F3N5O. The van der Waals surface area contributed by atoms with E-state index in [4.69, 9.17) is 14.7 Å². The van der Waals surface area contributed by atoms with E-state index in [2.05, 4.69) is 15.0 Å². The third-order valence-corrected chi connectivity index (χ3v) is 6.41. The summed E-state index contributed by atoms with van der Waals surface area (Å²) in [5, 5.41) is 0. The number of fused-ring (bicyclic) bond motifs is 1. The molecule has 180 valence electrons. The Hall–Kier alpha value is -3.46. The van der Waals surface area contributed by atoms with Gasteiger partial charge in [-0.05, 0) is 69.5 Å². The molecule has 0 unspecified atom stereocenters. The van der Waals surface area contributed by atoms with Crippen molar-refractivity contribution >= 4 is 11.0 Å². The Bertz CT molecular complexity index is 1390. The maximum Gasteiger partial charge on any atom is 0.433 e. The molecule has 1 saturated heterocycles. The van der Waals surface area contributed by atoms with Gasteiger partial charge in [0.1, 0.15) is 11.2 Å². The highest BCUT2D eigenvalue weighted by atomic mass is 19.4. The highest BCUT2D eigenvalue weighted by Crippen LogP contribution is 2.39. The minimum Gasteiger partial charge on any atom is -0.373 e. The third-order valence-electron chi connectivity index (χ3n) is 6.41. The summed E-state index contributed by atoms with van der Waals surface area (Å²) < 4.78 is 45.2. The number of aromatic nitrogens is 5. The molecule has 9 heteroatoms. The molecule has 2 atom stereocenters. The average Bonchev–Trinajstić information content (AvgIpc) is 2.84. The van der Waals surface area contributed by atoms with Crippen LogP contribution in [-0.2, 0) is 10.9 Å². The molecule has 0 spiro atoms. The fourth-order valence-electron chi connectivity index (χ4n) is 4.43. The van der Waals surface area contributed by atoms with Crippen LogP contribution < -0.4 is 0 Å². The minimum absolute atomic E-state index is 0.0880. The summed E-state index contributed by atoms with van der Waals surface area (Å²) >= 11 is 0. The Labute approximate surface area is 200 Å². The number of halogens is 3. The van der Waals surface area contributed by atoms with Crippen LogP contribution in [0.1, 0.15) is 58.9 Å². The van der Waals surface area contributed by atoms with Gasteiger partial charge in [-0.2, -0.15) is 13.2 Å². The summed E-state index contributed by atoms with van der Waals surface area (Å²) in [4.78, 5) is 22.2. The normalized spacial score (nSPS) is 18.7. The van der Waals surface area contributed by atoms with E-state index in [1.807, 2.05) is 39.0 Å². The van der Waals surface area contributed by atoms with E-state index in [0.717, 1.165) is 47.2 Å². The van der Waals surface area contributed by atoms with Crippen LogP contribution in [0.5, 0.6) is 0 Å². The van der Waals surface area contributed by atoms with Crippen molar-refractivity contribution in [2.45, 2.75) is 51.8 Å². The second-order valence-electron chi connectivity index (χ2n) is 8.90. The van der Waals surface area contributed by atoms with Crippen LogP contribution in [0.2, 0.25) is 0 Å². The molecule has 4 aromatic heterocycles. The van der Waals surface area contributed by atoms with Gasteiger partial charge in [-0.1, -0.05) is 0 Å². The van der Waals surface area contributed by atoms with Crippen molar-refractivity contribution in [2.75, 3.05) is 6.61 Å². The van der Waals surface area contributed by atoms with E-state index in [-0.39, 0.29) is 12.0 Å². The number of aryl methyl sites for hydroxylation is 3. The van der Waals surface area contributed by atoms with Crippen molar-refractivity contribution in [3.63, 3.8) is 0 Å². The molecule has 0 bridgehead atoms. The zero-order chi connectivity index (χ0) is 24.7. The zero-order valence-electron chi connectivity index (χ0n) is 19.6. The molecule has 0 radical (unpaired) electrons. The fourth-order valence-corrected chi connectivity index (χ4v) is 4.43. The summed E-state index contributed by atoms with van der Waals surface area (Å²) in [6.07, 6.45) is -0.103. The molecule has 1 fully saturated rings. The molecule has 0 N–H and O–H groups in total. The van der Waals surface area contributed by atoms with Gasteiger partial charge in [-0.25, -0.2) is 9.97 Å². The number of rotatable bonds is 3. The summed E-state index contributed by atoms with van der Waals surface area (Å²) in [5.74, 6) is 0.0937. The van der Waals surface area contributed by atoms with Gasteiger partial charge in [0.25, 0.3) is 0 Å². The lowest BCUT2D eigenvalue weighted by Gasteiger charge is -2.30. The lowest BCUT2D eigenvalue weighted by Crippen LogP contribution is -2.20. The van der Waals surface area contributed by atoms with E-state index in [0.29, 0.717) is 28.9 Å². The molecule has 0 amide bonds. The van der Waals surface area contributed by atoms with Gasteiger partial charge in [-0.15, -0.1) is 0 Å². The molecule has 4 aromatic rings. The van der Waals surface area contributed by atoms with Gasteiger partial charge in [0.15, 0.2) is 0 Å². The molecule has 0 saturated carbocycles. The standard InChI is InChI=1S/C26H24F3N5O/c1-14-10-18(6-8-30-14)22-11-17(7-9-35-22)20-12-21-25(33-16(3)15(2)32-21)24(34-20)19-4-5-23(31-13-19)26(27,28)29/h4-6,8,10,12-13,17,22H,7,9,11H2,1-3H3/t17-,22+/m0/s1. The lowest BCUT2D eigenvalue weighted by molar-refractivity contribution is -0.141. The Morgan fingerprint density at radius 2 is 1.74 bits per heavy atom. The second-order valence-corrected chi connectivity index (χ2v) is 8.90. The summed E-state index contributed by atoms with van der Waals surface area (Å²) in [6.45, 7) is 6.26. The predicted octanol–water partition coefficient (Wildman–Crippen LogP) is 6.06. The Kier molecular flexibility index (Phi) is 5.96. The molecular weight excluding hydrogens is 455 g/mol. The van der Waals surface area contributed by atoms with Crippen LogP contribution in [0.25, 0.3) is 22.3 Å². The maximum atomic E-state index is 13.1. The first kappa shape index (κ1) is 23.3. The number of hydrogen-bond donors (Lipinski definition) is 0. The molecule has 0 aliphatic carbocycles. The molecule has 35 heavy (non-hydrogen) atoms. The molecule has 6 nitrogen and oxygen atoms in total. The zero-order valence-corrected chi connectivity index (χ0v) is 19.6. The van der Waals surface area contributed by atoms with Crippen LogP contribution in [0.3, 0.4) is 0 Å². The van der Waals surface area contributed by atoms with Gasteiger partial charge >= 0.3 is 6.18 Å². The highest BCUT2D eigenvalue weighted by Gasteiger charge is 2.32. The van der Waals surface area contributed by atoms with Crippen LogP contribution >= 0.6 is 0 Å². The predicted molar refractivity (Wildman–Crippen MR) is 125 cm³/mol. The van der Waals surface area contributed by atoms with Crippen molar-refractivity contribution in [1.29, 1.82) is 0 Å². The van der Waals surface area contributed by atoms with Gasteiger partial charge in [-0.3, -0.25) is 15.0 Å². The van der Waals surface area contributed by atoms with Gasteiger partial charge in [0.2, 0.25) is 0 Å². The SMILES string of the molecule is Cc1cc([C@H]2C[C@@H](c3cc4nc(C)c(C)nc4c(-c4ccc(C(F)(F)F)nc4)n3)CCO2)ccn1. The third kappa shape index (κ3) is 4.73. The largest absolute Gasteiger partial charge is 0.433 e. The summed E-state index contributed by atoms with van der Waals surface area (Å²) in [7, 11) is 0. The van der Waals surface area contributed by atoms with E-state index in [9.17, 15) is 13.2 Å². The Morgan fingerprint density at radius 3 is 2.46 bits per heavy atom. The first-order chi connectivity index (χ1) is 16.7. The van der Waals surface area contributed by atoms with Crippen molar-refractivity contribution in [1.82, 2.24) is 24.9 Å². The van der Waals surface area contributed by atoms with E-state index < -0.39 is 11.9 Å². The van der Waals surface area contributed by atoms with Gasteiger partial charge in [0, 0.05) is 41.9 Å². The monoisotopic (exact) mass is 479 g/mol. The summed E-state index contributed by atoms with van der Waals surface area (Å²) in [5.41, 5.74) is 5.58.